The first-order valence-electron chi connectivity index (χ1n) is 14.6. The fourth-order valence-corrected chi connectivity index (χ4v) is 5.17. The molecule has 234 valence electrons. The quantitative estimate of drug-likeness (QED) is 0.271. The minimum absolute atomic E-state index is 0.135. The molecule has 1 aromatic heterocycles. The average Bonchev–Trinajstić information content (AvgIpc) is 3.03. The topological polar surface area (TPSA) is 143 Å². The normalized spacial score (nSPS) is 14.1. The number of nitrogens with one attached hydrogen (secondary N) is 1. The maximum absolute atomic E-state index is 13.5. The van der Waals surface area contributed by atoms with Gasteiger partial charge in [-0.25, -0.2) is 9.78 Å². The van der Waals surface area contributed by atoms with E-state index in [1.54, 1.807) is 56.6 Å². The van der Waals surface area contributed by atoms with E-state index in [9.17, 15) is 14.4 Å². The Morgan fingerprint density at radius 1 is 0.933 bits per heavy atom. The molecule has 0 saturated carbocycles. The van der Waals surface area contributed by atoms with Gasteiger partial charge in [0, 0.05) is 57.6 Å². The minimum atomic E-state index is -0.839. The van der Waals surface area contributed by atoms with Gasteiger partial charge >= 0.3 is 5.97 Å². The highest BCUT2D eigenvalue weighted by Crippen LogP contribution is 2.27. The first kappa shape index (κ1) is 31.2. The number of carbonyl (C=O) groups excluding carboxylic acids is 3. The van der Waals surface area contributed by atoms with Gasteiger partial charge in [0.2, 0.25) is 11.9 Å². The number of likely N-dealkylation sites (N-methyl/N-ethyl adjacent to an activating group) is 2. The lowest BCUT2D eigenvalue weighted by molar-refractivity contribution is -0.130. The standard InChI is InChI=1S/C33H37N7O5/c1-38(2)31(42)28(19-21-6-5-7-25(18-21)45-24-11-8-22(9-12-24)32(43)44-4)35-30(41)23-10-13-26-27(20-23)36-33(34)37-29(26)40-16-14-39(3)15-17-40/h5-13,18,20,28H,14-17,19H2,1-4H3,(H,35,41)(H2,34,36,37). The van der Waals surface area contributed by atoms with Crippen LogP contribution in [-0.4, -0.2) is 98.0 Å². The van der Waals surface area contributed by atoms with E-state index in [4.69, 9.17) is 15.2 Å². The van der Waals surface area contributed by atoms with Crippen LogP contribution in [0.15, 0.2) is 66.7 Å². The molecule has 45 heavy (non-hydrogen) atoms. The second kappa shape index (κ2) is 13.6. The van der Waals surface area contributed by atoms with E-state index in [1.165, 1.54) is 12.0 Å². The van der Waals surface area contributed by atoms with Gasteiger partial charge in [-0.3, -0.25) is 9.59 Å². The number of nitrogen functional groups attached to an aromatic ring is 1. The van der Waals surface area contributed by atoms with Crippen molar-refractivity contribution in [1.82, 2.24) is 25.1 Å². The number of ether oxygens (including phenoxy) is 2. The van der Waals surface area contributed by atoms with Crippen LogP contribution in [0.4, 0.5) is 11.8 Å². The number of hydrogen-bond donors (Lipinski definition) is 2. The Labute approximate surface area is 261 Å². The van der Waals surface area contributed by atoms with Crippen molar-refractivity contribution in [2.45, 2.75) is 12.5 Å². The van der Waals surface area contributed by atoms with Gasteiger partial charge in [0.15, 0.2) is 0 Å². The summed E-state index contributed by atoms with van der Waals surface area (Å²) in [5.74, 6) is 0.870. The molecule has 12 heteroatoms. The fraction of sp³-hybridized carbons (Fsp3) is 0.303. The summed E-state index contributed by atoms with van der Waals surface area (Å²) >= 11 is 0. The molecule has 0 aliphatic carbocycles. The van der Waals surface area contributed by atoms with Crippen molar-refractivity contribution in [2.24, 2.45) is 0 Å². The van der Waals surface area contributed by atoms with E-state index >= 15 is 0 Å². The number of hydrogen-bond acceptors (Lipinski definition) is 10. The highest BCUT2D eigenvalue weighted by molar-refractivity contribution is 6.02. The third-order valence-corrected chi connectivity index (χ3v) is 7.65. The summed E-state index contributed by atoms with van der Waals surface area (Å²) in [4.78, 5) is 53.2. The van der Waals surface area contributed by atoms with Crippen LogP contribution < -0.4 is 20.7 Å². The Morgan fingerprint density at radius 3 is 2.33 bits per heavy atom. The van der Waals surface area contributed by atoms with E-state index in [0.29, 0.717) is 28.1 Å². The van der Waals surface area contributed by atoms with Crippen molar-refractivity contribution in [2.75, 3.05) is 65.1 Å². The summed E-state index contributed by atoms with van der Waals surface area (Å²) < 4.78 is 10.7. The molecule has 1 aliphatic rings. The maximum atomic E-state index is 13.5. The molecule has 2 amide bonds. The van der Waals surface area contributed by atoms with Gasteiger partial charge in [0.05, 0.1) is 18.2 Å². The molecule has 1 unspecified atom stereocenters. The molecule has 0 bridgehead atoms. The van der Waals surface area contributed by atoms with E-state index in [0.717, 1.165) is 42.9 Å². The zero-order valence-electron chi connectivity index (χ0n) is 25.8. The van der Waals surface area contributed by atoms with E-state index in [-0.39, 0.29) is 18.3 Å². The second-order valence-corrected chi connectivity index (χ2v) is 11.2. The number of rotatable bonds is 9. The molecule has 1 saturated heterocycles. The van der Waals surface area contributed by atoms with Gasteiger partial charge in [-0.15, -0.1) is 0 Å². The summed E-state index contributed by atoms with van der Waals surface area (Å²) in [6, 6.07) is 18.3. The molecule has 0 spiro atoms. The summed E-state index contributed by atoms with van der Waals surface area (Å²) in [6.45, 7) is 3.44. The van der Waals surface area contributed by atoms with Crippen LogP contribution in [0, 0.1) is 0 Å². The lowest BCUT2D eigenvalue weighted by atomic mass is 10.0. The molecule has 3 N–H and O–H groups in total. The fourth-order valence-electron chi connectivity index (χ4n) is 5.17. The first-order chi connectivity index (χ1) is 21.6. The van der Waals surface area contributed by atoms with Crippen LogP contribution in [0.5, 0.6) is 11.5 Å². The summed E-state index contributed by atoms with van der Waals surface area (Å²) in [7, 11) is 6.71. The van der Waals surface area contributed by atoms with Crippen LogP contribution in [0.25, 0.3) is 10.9 Å². The van der Waals surface area contributed by atoms with Crippen molar-refractivity contribution in [1.29, 1.82) is 0 Å². The molecule has 0 radical (unpaired) electrons. The number of nitrogens with zero attached hydrogens (tertiary/aromatic N) is 5. The number of amides is 2. The number of methoxy groups -OCH3 is 1. The van der Waals surface area contributed by atoms with Gasteiger partial charge in [-0.1, -0.05) is 12.1 Å². The smallest absolute Gasteiger partial charge is 0.337 e. The third-order valence-electron chi connectivity index (χ3n) is 7.65. The molecule has 1 aliphatic heterocycles. The lowest BCUT2D eigenvalue weighted by Crippen LogP contribution is -2.47. The summed E-state index contributed by atoms with van der Waals surface area (Å²) in [5, 5.41) is 3.72. The molecule has 3 aromatic carbocycles. The van der Waals surface area contributed by atoms with Gasteiger partial charge in [0.25, 0.3) is 5.91 Å². The molecule has 4 aromatic rings. The number of anilines is 2. The van der Waals surface area contributed by atoms with E-state index < -0.39 is 17.9 Å². The molecule has 1 atom stereocenters. The lowest BCUT2D eigenvalue weighted by Gasteiger charge is -2.33. The van der Waals surface area contributed by atoms with Gasteiger partial charge < -0.3 is 35.2 Å². The molecule has 12 nitrogen and oxygen atoms in total. The Balaban J connectivity index is 1.33. The zero-order valence-corrected chi connectivity index (χ0v) is 25.8. The monoisotopic (exact) mass is 611 g/mol. The maximum Gasteiger partial charge on any atom is 0.337 e. The Morgan fingerprint density at radius 2 is 1.64 bits per heavy atom. The molecule has 2 heterocycles. The predicted molar refractivity (Wildman–Crippen MR) is 172 cm³/mol. The highest BCUT2D eigenvalue weighted by atomic mass is 16.5. The number of fused-ring (bicyclic) bond motifs is 1. The predicted octanol–water partition coefficient (Wildman–Crippen LogP) is 2.97. The van der Waals surface area contributed by atoms with Crippen molar-refractivity contribution >= 4 is 40.5 Å². The number of aromatic nitrogens is 2. The Bertz CT molecular complexity index is 1700. The summed E-state index contributed by atoms with van der Waals surface area (Å²) in [5.41, 5.74) is 8.19. The highest BCUT2D eigenvalue weighted by Gasteiger charge is 2.25. The minimum Gasteiger partial charge on any atom is -0.465 e. The van der Waals surface area contributed by atoms with Crippen molar-refractivity contribution in [3.05, 3.63) is 83.4 Å². The van der Waals surface area contributed by atoms with Gasteiger partial charge in [0.1, 0.15) is 23.4 Å². The largest absolute Gasteiger partial charge is 0.465 e. The third kappa shape index (κ3) is 7.47. The number of esters is 1. The van der Waals surface area contributed by atoms with Crippen LogP contribution >= 0.6 is 0 Å². The Kier molecular flexibility index (Phi) is 9.43. The SMILES string of the molecule is COC(=O)c1ccc(Oc2cccc(CC(NC(=O)c3ccc4c(N5CCN(C)CC5)nc(N)nc4c3)C(=O)N(C)C)c2)cc1. The van der Waals surface area contributed by atoms with E-state index in [1.807, 2.05) is 24.3 Å². The average molecular weight is 612 g/mol. The van der Waals surface area contributed by atoms with Crippen LogP contribution in [-0.2, 0) is 16.0 Å². The van der Waals surface area contributed by atoms with Crippen LogP contribution in [0.3, 0.4) is 0 Å². The number of benzene rings is 3. The molecule has 1 fully saturated rings. The Hall–Kier alpha value is -5.23. The van der Waals surface area contributed by atoms with E-state index in [2.05, 4.69) is 32.1 Å². The van der Waals surface area contributed by atoms with Gasteiger partial charge in [-0.2, -0.15) is 4.98 Å². The number of piperazine rings is 1. The first-order valence-corrected chi connectivity index (χ1v) is 14.6. The van der Waals surface area contributed by atoms with Crippen LogP contribution in [0.2, 0.25) is 0 Å². The summed E-state index contributed by atoms with van der Waals surface area (Å²) in [6.07, 6.45) is 0.234. The van der Waals surface area contributed by atoms with Crippen molar-refractivity contribution in [3.63, 3.8) is 0 Å². The number of nitrogens with two attached hydrogens (primary N) is 1. The molecular weight excluding hydrogens is 574 g/mol. The van der Waals surface area contributed by atoms with Gasteiger partial charge in [-0.05, 0) is 67.2 Å². The van der Waals surface area contributed by atoms with Crippen molar-refractivity contribution in [3.8, 4) is 11.5 Å². The number of carbonyl (C=O) groups is 3. The zero-order chi connectivity index (χ0) is 32.1. The van der Waals surface area contributed by atoms with Crippen molar-refractivity contribution < 1.29 is 23.9 Å². The second-order valence-electron chi connectivity index (χ2n) is 11.2. The molecular formula is C33H37N7O5. The molecule has 5 rings (SSSR count). The van der Waals surface area contributed by atoms with Crippen LogP contribution in [0.1, 0.15) is 26.3 Å².